The number of nitrogens with zero attached hydrogens (tertiary/aromatic N) is 2. The average molecular weight is 191 g/mol. The van der Waals surface area contributed by atoms with Crippen molar-refractivity contribution in [3.8, 4) is 0 Å². The summed E-state index contributed by atoms with van der Waals surface area (Å²) in [6.07, 6.45) is 3.17. The predicted molar refractivity (Wildman–Crippen MR) is 48.3 cm³/mol. The predicted octanol–water partition coefficient (Wildman–Crippen LogP) is 0.0628. The van der Waals surface area contributed by atoms with Gasteiger partial charge in [0.05, 0.1) is 12.2 Å². The van der Waals surface area contributed by atoms with Gasteiger partial charge in [0.15, 0.2) is 0 Å². The van der Waals surface area contributed by atoms with Gasteiger partial charge in [0.25, 0.3) is 5.91 Å². The van der Waals surface area contributed by atoms with Crippen LogP contribution in [0.3, 0.4) is 0 Å². The second-order valence-electron chi connectivity index (χ2n) is 2.73. The Kier molecular flexibility index (Phi) is 2.26. The molecule has 0 aliphatic heterocycles. The Morgan fingerprint density at radius 1 is 1.29 bits per heavy atom. The van der Waals surface area contributed by atoms with Crippen LogP contribution in [0.15, 0.2) is 24.5 Å². The van der Waals surface area contributed by atoms with Gasteiger partial charge in [-0.1, -0.05) is 0 Å². The van der Waals surface area contributed by atoms with E-state index in [4.69, 9.17) is 0 Å². The Morgan fingerprint density at radius 2 is 2.07 bits per heavy atom. The summed E-state index contributed by atoms with van der Waals surface area (Å²) in [5.41, 5.74) is 1.31. The van der Waals surface area contributed by atoms with E-state index in [-0.39, 0.29) is 5.91 Å². The largest absolute Gasteiger partial charge is 0.345 e. The third-order valence-corrected chi connectivity index (χ3v) is 1.74. The number of nitrogens with one attached hydrogen (secondary N) is 3. The highest BCUT2D eigenvalue weighted by Gasteiger charge is 2.05. The van der Waals surface area contributed by atoms with Crippen molar-refractivity contribution in [1.82, 2.24) is 25.7 Å². The second-order valence-corrected chi connectivity index (χ2v) is 2.73. The van der Waals surface area contributed by atoms with Crippen molar-refractivity contribution >= 4 is 5.91 Å². The van der Waals surface area contributed by atoms with Crippen LogP contribution in [0, 0.1) is 0 Å². The normalized spacial score (nSPS) is 10.0. The maximum Gasteiger partial charge on any atom is 0.269 e. The first-order chi connectivity index (χ1) is 6.86. The van der Waals surface area contributed by atoms with E-state index < -0.39 is 0 Å². The molecule has 0 unspecified atom stereocenters. The van der Waals surface area contributed by atoms with E-state index in [1.54, 1.807) is 18.3 Å². The minimum absolute atomic E-state index is 0.183. The first kappa shape index (κ1) is 8.49. The lowest BCUT2D eigenvalue weighted by atomic mass is 10.4. The maximum atomic E-state index is 11.4. The van der Waals surface area contributed by atoms with E-state index in [1.165, 1.54) is 6.20 Å². The number of hydrogen-bond acceptors (Lipinski definition) is 3. The number of H-pyrrole nitrogens is 2. The van der Waals surface area contributed by atoms with Gasteiger partial charge in [-0.25, -0.2) is 0 Å². The summed E-state index contributed by atoms with van der Waals surface area (Å²) >= 11 is 0. The molecule has 0 fully saturated rings. The van der Waals surface area contributed by atoms with Gasteiger partial charge in [0.1, 0.15) is 5.69 Å². The van der Waals surface area contributed by atoms with Gasteiger partial charge in [0, 0.05) is 12.4 Å². The standard InChI is InChI=1S/C8H9N5O/c14-8(7-2-4-11-13-7)9-5-6-1-3-10-12-6/h1-4H,5H2,(H,9,14)(H,10,12)(H,11,13). The molecule has 14 heavy (non-hydrogen) atoms. The molecule has 3 N–H and O–H groups in total. The quantitative estimate of drug-likeness (QED) is 0.641. The summed E-state index contributed by atoms with van der Waals surface area (Å²) in [4.78, 5) is 11.4. The lowest BCUT2D eigenvalue weighted by molar-refractivity contribution is 0.0945. The molecule has 6 nitrogen and oxygen atoms in total. The van der Waals surface area contributed by atoms with Crippen LogP contribution in [-0.4, -0.2) is 26.3 Å². The molecule has 2 rings (SSSR count). The molecule has 0 atom stereocenters. The molecule has 6 heteroatoms. The van der Waals surface area contributed by atoms with E-state index in [2.05, 4.69) is 25.7 Å². The number of carbonyl (C=O) groups excluding carboxylic acids is 1. The second kappa shape index (κ2) is 3.73. The minimum atomic E-state index is -0.183. The molecular formula is C8H9N5O. The van der Waals surface area contributed by atoms with Crippen molar-refractivity contribution in [3.05, 3.63) is 35.9 Å². The van der Waals surface area contributed by atoms with Crippen molar-refractivity contribution < 1.29 is 4.79 Å². The number of amides is 1. The van der Waals surface area contributed by atoms with Crippen molar-refractivity contribution in [1.29, 1.82) is 0 Å². The van der Waals surface area contributed by atoms with E-state index >= 15 is 0 Å². The smallest absolute Gasteiger partial charge is 0.269 e. The zero-order valence-corrected chi connectivity index (χ0v) is 7.32. The van der Waals surface area contributed by atoms with Crippen molar-refractivity contribution in [2.45, 2.75) is 6.54 Å². The molecule has 0 aliphatic rings. The fraction of sp³-hybridized carbons (Fsp3) is 0.125. The van der Waals surface area contributed by atoms with Crippen LogP contribution in [-0.2, 0) is 6.54 Å². The average Bonchev–Trinajstić information content (AvgIpc) is 2.87. The first-order valence-electron chi connectivity index (χ1n) is 4.12. The van der Waals surface area contributed by atoms with E-state index in [0.29, 0.717) is 12.2 Å². The van der Waals surface area contributed by atoms with Gasteiger partial charge in [-0.2, -0.15) is 10.2 Å². The Balaban J connectivity index is 1.90. The van der Waals surface area contributed by atoms with Crippen LogP contribution in [0.25, 0.3) is 0 Å². The molecule has 0 saturated carbocycles. The molecule has 1 amide bonds. The van der Waals surface area contributed by atoms with Crippen molar-refractivity contribution in [2.24, 2.45) is 0 Å². The summed E-state index contributed by atoms with van der Waals surface area (Å²) in [6.45, 7) is 0.428. The highest BCUT2D eigenvalue weighted by atomic mass is 16.1. The Morgan fingerprint density at radius 3 is 2.71 bits per heavy atom. The summed E-state index contributed by atoms with van der Waals surface area (Å²) in [5, 5.41) is 15.5. The molecule has 0 bridgehead atoms. The number of aromatic nitrogens is 4. The van der Waals surface area contributed by atoms with E-state index in [0.717, 1.165) is 5.69 Å². The molecule has 0 saturated heterocycles. The summed E-state index contributed by atoms with van der Waals surface area (Å²) < 4.78 is 0. The Hall–Kier alpha value is -2.11. The SMILES string of the molecule is O=C(NCc1ccn[nH]1)c1ccn[nH]1. The molecule has 0 radical (unpaired) electrons. The van der Waals surface area contributed by atoms with Gasteiger partial charge in [-0.05, 0) is 12.1 Å². The van der Waals surface area contributed by atoms with Gasteiger partial charge in [-0.3, -0.25) is 15.0 Å². The van der Waals surface area contributed by atoms with Gasteiger partial charge >= 0.3 is 0 Å². The van der Waals surface area contributed by atoms with Crippen LogP contribution < -0.4 is 5.32 Å². The van der Waals surface area contributed by atoms with Gasteiger partial charge in [0.2, 0.25) is 0 Å². The first-order valence-corrected chi connectivity index (χ1v) is 4.12. The highest BCUT2D eigenvalue weighted by Crippen LogP contribution is 1.94. The lowest BCUT2D eigenvalue weighted by Crippen LogP contribution is -2.23. The van der Waals surface area contributed by atoms with E-state index in [1.807, 2.05) is 0 Å². The van der Waals surface area contributed by atoms with Crippen LogP contribution in [0.2, 0.25) is 0 Å². The topological polar surface area (TPSA) is 86.5 Å². The zero-order chi connectivity index (χ0) is 9.80. The van der Waals surface area contributed by atoms with Gasteiger partial charge in [-0.15, -0.1) is 0 Å². The fourth-order valence-corrected chi connectivity index (χ4v) is 1.04. The molecule has 2 aromatic heterocycles. The third kappa shape index (κ3) is 1.79. The van der Waals surface area contributed by atoms with Crippen LogP contribution in [0.1, 0.15) is 16.2 Å². The highest BCUT2D eigenvalue weighted by molar-refractivity contribution is 5.91. The lowest BCUT2D eigenvalue weighted by Gasteiger charge is -2.00. The number of aromatic amines is 2. The molecule has 2 heterocycles. The molecule has 0 aliphatic carbocycles. The zero-order valence-electron chi connectivity index (χ0n) is 7.32. The van der Waals surface area contributed by atoms with Crippen LogP contribution in [0.5, 0.6) is 0 Å². The molecule has 0 aromatic carbocycles. The van der Waals surface area contributed by atoms with E-state index in [9.17, 15) is 4.79 Å². The fourth-order valence-electron chi connectivity index (χ4n) is 1.04. The summed E-state index contributed by atoms with van der Waals surface area (Å²) in [7, 11) is 0. The van der Waals surface area contributed by atoms with Crippen molar-refractivity contribution in [2.75, 3.05) is 0 Å². The molecule has 2 aromatic rings. The van der Waals surface area contributed by atoms with Gasteiger partial charge < -0.3 is 5.32 Å². The molecule has 0 spiro atoms. The Labute approximate surface area is 79.7 Å². The molecular weight excluding hydrogens is 182 g/mol. The van der Waals surface area contributed by atoms with Crippen LogP contribution >= 0.6 is 0 Å². The number of hydrogen-bond donors (Lipinski definition) is 3. The number of rotatable bonds is 3. The van der Waals surface area contributed by atoms with Crippen molar-refractivity contribution in [3.63, 3.8) is 0 Å². The monoisotopic (exact) mass is 191 g/mol. The summed E-state index contributed by atoms with van der Waals surface area (Å²) in [5.74, 6) is -0.183. The maximum absolute atomic E-state index is 11.4. The summed E-state index contributed by atoms with van der Waals surface area (Å²) in [6, 6.07) is 3.41. The molecule has 72 valence electrons. The number of carbonyl (C=O) groups is 1. The third-order valence-electron chi connectivity index (χ3n) is 1.74. The minimum Gasteiger partial charge on any atom is -0.345 e. The Bertz CT molecular complexity index is 391. The van der Waals surface area contributed by atoms with Crippen LogP contribution in [0.4, 0.5) is 0 Å².